The first-order chi connectivity index (χ1) is 13.2. The monoisotopic (exact) mass is 383 g/mol. The largest absolute Gasteiger partial charge is 0.417 e. The summed E-state index contributed by atoms with van der Waals surface area (Å²) in [5.74, 6) is -1.18. The number of imidazole rings is 1. The number of carbonyl (C=O) groups excluding carboxylic acids is 1. The number of hydrogen-bond donors (Lipinski definition) is 2. The van der Waals surface area contributed by atoms with Gasteiger partial charge in [0.25, 0.3) is 0 Å². The molecule has 4 rings (SSSR count). The van der Waals surface area contributed by atoms with Crippen molar-refractivity contribution in [3.63, 3.8) is 0 Å². The normalized spacial score (nSPS) is 11.9. The highest BCUT2D eigenvalue weighted by atomic mass is 19.4. The maximum absolute atomic E-state index is 14.0. The molecule has 2 aromatic carbocycles. The van der Waals surface area contributed by atoms with Gasteiger partial charge in [-0.1, -0.05) is 23.7 Å². The summed E-state index contributed by atoms with van der Waals surface area (Å²) >= 11 is 0. The summed E-state index contributed by atoms with van der Waals surface area (Å²) in [5, 5.41) is 0. The second-order valence-corrected chi connectivity index (χ2v) is 6.16. The van der Waals surface area contributed by atoms with E-state index in [9.17, 15) is 22.4 Å². The van der Waals surface area contributed by atoms with Gasteiger partial charge in [-0.05, 0) is 24.3 Å². The summed E-state index contributed by atoms with van der Waals surface area (Å²) in [6.07, 6.45) is -3.37. The predicted molar refractivity (Wildman–Crippen MR) is 96.1 cm³/mol. The molecule has 0 saturated heterocycles. The highest BCUT2D eigenvalue weighted by Crippen LogP contribution is 2.33. The van der Waals surface area contributed by atoms with E-state index in [1.54, 1.807) is 0 Å². The SMILES string of the molecule is [B]c1cc(F)c2nc(-c3cc(C(=O)c4ccccc4C(F)(F)F)c[nH]3)[nH]c2c1. The molecule has 0 aliphatic carbocycles. The molecule has 138 valence electrons. The van der Waals surface area contributed by atoms with E-state index in [4.69, 9.17) is 7.85 Å². The Morgan fingerprint density at radius 3 is 2.61 bits per heavy atom. The van der Waals surface area contributed by atoms with Crippen molar-refractivity contribution in [1.29, 1.82) is 0 Å². The summed E-state index contributed by atoms with van der Waals surface area (Å²) in [5.41, 5.74) is -0.486. The van der Waals surface area contributed by atoms with Gasteiger partial charge >= 0.3 is 6.18 Å². The minimum Gasteiger partial charge on any atom is -0.358 e. The molecule has 2 aromatic heterocycles. The molecule has 0 aliphatic rings. The van der Waals surface area contributed by atoms with Crippen LogP contribution >= 0.6 is 0 Å². The molecule has 0 fully saturated rings. The van der Waals surface area contributed by atoms with Crippen LogP contribution in [-0.2, 0) is 6.18 Å². The summed E-state index contributed by atoms with van der Waals surface area (Å²) < 4.78 is 53.4. The predicted octanol–water partition coefficient (Wildman–Crippen LogP) is 3.74. The summed E-state index contributed by atoms with van der Waals surface area (Å²) in [6, 6.07) is 8.55. The van der Waals surface area contributed by atoms with Gasteiger partial charge < -0.3 is 9.97 Å². The lowest BCUT2D eigenvalue weighted by Crippen LogP contribution is -2.13. The Hall–Kier alpha value is -3.36. The highest BCUT2D eigenvalue weighted by Gasteiger charge is 2.35. The Labute approximate surface area is 157 Å². The molecule has 9 heteroatoms. The number of nitrogens with one attached hydrogen (secondary N) is 2. The molecule has 4 aromatic rings. The van der Waals surface area contributed by atoms with Crippen molar-refractivity contribution >= 4 is 30.1 Å². The third kappa shape index (κ3) is 3.08. The fraction of sp³-hybridized carbons (Fsp3) is 0.0526. The van der Waals surface area contributed by atoms with Crippen molar-refractivity contribution in [3.8, 4) is 11.5 Å². The molecule has 0 spiro atoms. The number of H-pyrrole nitrogens is 2. The standard InChI is InChI=1S/C19H10BF4N3O/c20-10-6-13(21)16-14(7-10)26-18(27-16)15-5-9(8-25-15)17(28)11-3-1-2-4-12(11)19(22,23)24/h1-8,25H,(H,26,27). The topological polar surface area (TPSA) is 61.5 Å². The zero-order chi connectivity index (χ0) is 20.1. The number of aromatic nitrogens is 3. The van der Waals surface area contributed by atoms with Gasteiger partial charge in [0.1, 0.15) is 19.2 Å². The van der Waals surface area contributed by atoms with Crippen LogP contribution in [0.25, 0.3) is 22.6 Å². The Morgan fingerprint density at radius 1 is 1.11 bits per heavy atom. The maximum atomic E-state index is 14.0. The first kappa shape index (κ1) is 18.0. The van der Waals surface area contributed by atoms with Gasteiger partial charge in [-0.3, -0.25) is 4.79 Å². The lowest BCUT2D eigenvalue weighted by molar-refractivity contribution is -0.137. The van der Waals surface area contributed by atoms with Gasteiger partial charge in [-0.2, -0.15) is 13.2 Å². The quantitative estimate of drug-likeness (QED) is 0.322. The van der Waals surface area contributed by atoms with Crippen LogP contribution in [0.5, 0.6) is 0 Å². The lowest BCUT2D eigenvalue weighted by atomic mass is 9.96. The Kier molecular flexibility index (Phi) is 4.10. The number of carbonyl (C=O) groups is 1. The fourth-order valence-corrected chi connectivity index (χ4v) is 2.97. The number of fused-ring (bicyclic) bond motifs is 1. The molecule has 2 N–H and O–H groups in total. The minimum absolute atomic E-state index is 0.0205. The van der Waals surface area contributed by atoms with Crippen LogP contribution in [0.2, 0.25) is 0 Å². The molecule has 2 radical (unpaired) electrons. The van der Waals surface area contributed by atoms with Crippen molar-refractivity contribution in [2.24, 2.45) is 0 Å². The number of hydrogen-bond acceptors (Lipinski definition) is 2. The third-order valence-electron chi connectivity index (χ3n) is 4.24. The van der Waals surface area contributed by atoms with Crippen molar-refractivity contribution in [1.82, 2.24) is 15.0 Å². The number of halogens is 4. The summed E-state index contributed by atoms with van der Waals surface area (Å²) in [4.78, 5) is 22.4. The first-order valence-electron chi connectivity index (χ1n) is 8.08. The van der Waals surface area contributed by atoms with Crippen LogP contribution in [-0.4, -0.2) is 28.6 Å². The van der Waals surface area contributed by atoms with Gasteiger partial charge in [0.2, 0.25) is 0 Å². The first-order valence-corrected chi connectivity index (χ1v) is 8.08. The number of benzene rings is 2. The van der Waals surface area contributed by atoms with Gasteiger partial charge in [0.05, 0.1) is 16.8 Å². The van der Waals surface area contributed by atoms with E-state index in [0.29, 0.717) is 11.2 Å². The highest BCUT2D eigenvalue weighted by molar-refractivity contribution is 6.33. The van der Waals surface area contributed by atoms with E-state index >= 15 is 0 Å². The van der Waals surface area contributed by atoms with Crippen LogP contribution in [0.1, 0.15) is 21.5 Å². The second-order valence-electron chi connectivity index (χ2n) is 6.16. The fourth-order valence-electron chi connectivity index (χ4n) is 2.97. The van der Waals surface area contributed by atoms with Gasteiger partial charge in [-0.25, -0.2) is 9.37 Å². The Balaban J connectivity index is 1.73. The van der Waals surface area contributed by atoms with Crippen LogP contribution in [0.4, 0.5) is 17.6 Å². The van der Waals surface area contributed by atoms with Gasteiger partial charge in [0.15, 0.2) is 11.6 Å². The molecule has 2 heterocycles. The average molecular weight is 383 g/mol. The van der Waals surface area contributed by atoms with Gasteiger partial charge in [0, 0.05) is 17.3 Å². The molecule has 0 amide bonds. The minimum atomic E-state index is -4.65. The van der Waals surface area contributed by atoms with E-state index < -0.39 is 28.9 Å². The van der Waals surface area contributed by atoms with E-state index in [1.807, 2.05) is 0 Å². The molecule has 0 atom stereocenters. The molecule has 4 nitrogen and oxygen atoms in total. The zero-order valence-electron chi connectivity index (χ0n) is 14.1. The molecule has 0 bridgehead atoms. The van der Waals surface area contributed by atoms with Crippen molar-refractivity contribution < 1.29 is 22.4 Å². The zero-order valence-corrected chi connectivity index (χ0v) is 14.1. The summed E-state index contributed by atoms with van der Waals surface area (Å²) in [7, 11) is 5.60. The smallest absolute Gasteiger partial charge is 0.358 e. The van der Waals surface area contributed by atoms with Crippen molar-refractivity contribution in [3.05, 3.63) is 71.2 Å². The number of rotatable bonds is 3. The molecule has 0 unspecified atom stereocenters. The lowest BCUT2D eigenvalue weighted by Gasteiger charge is -2.10. The second kappa shape index (κ2) is 6.37. The average Bonchev–Trinajstić information content (AvgIpc) is 3.27. The number of aromatic amines is 2. The van der Waals surface area contributed by atoms with E-state index in [1.165, 1.54) is 30.5 Å². The number of nitrogens with zero attached hydrogens (tertiary/aromatic N) is 1. The Morgan fingerprint density at radius 2 is 1.86 bits per heavy atom. The molecular formula is C19H10BF4N3O. The van der Waals surface area contributed by atoms with Crippen LogP contribution in [0, 0.1) is 5.82 Å². The maximum Gasteiger partial charge on any atom is 0.417 e. The van der Waals surface area contributed by atoms with Crippen molar-refractivity contribution in [2.75, 3.05) is 0 Å². The van der Waals surface area contributed by atoms with Crippen LogP contribution < -0.4 is 5.46 Å². The van der Waals surface area contributed by atoms with E-state index in [2.05, 4.69) is 15.0 Å². The summed E-state index contributed by atoms with van der Waals surface area (Å²) in [6.45, 7) is 0. The molecule has 28 heavy (non-hydrogen) atoms. The van der Waals surface area contributed by atoms with Crippen LogP contribution in [0.3, 0.4) is 0 Å². The third-order valence-corrected chi connectivity index (χ3v) is 4.24. The Bertz CT molecular complexity index is 1210. The van der Waals surface area contributed by atoms with Gasteiger partial charge in [-0.15, -0.1) is 0 Å². The number of alkyl halides is 3. The van der Waals surface area contributed by atoms with E-state index in [-0.39, 0.29) is 22.4 Å². The number of ketones is 1. The van der Waals surface area contributed by atoms with Crippen molar-refractivity contribution in [2.45, 2.75) is 6.18 Å². The molecular weight excluding hydrogens is 373 g/mol. The molecule has 0 saturated carbocycles. The van der Waals surface area contributed by atoms with Crippen LogP contribution in [0.15, 0.2) is 48.7 Å². The van der Waals surface area contributed by atoms with E-state index in [0.717, 1.165) is 18.2 Å². The molecule has 0 aliphatic heterocycles.